The van der Waals surface area contributed by atoms with Crippen molar-refractivity contribution < 1.29 is 0 Å². The van der Waals surface area contributed by atoms with Crippen LogP contribution in [0.1, 0.15) is 32.2 Å². The average Bonchev–Trinajstić information content (AvgIpc) is 2.61. The van der Waals surface area contributed by atoms with Gasteiger partial charge in [-0.2, -0.15) is 5.10 Å². The summed E-state index contributed by atoms with van der Waals surface area (Å²) < 4.78 is 3.19. The van der Waals surface area contributed by atoms with Gasteiger partial charge < -0.3 is 10.2 Å². The van der Waals surface area contributed by atoms with E-state index >= 15 is 0 Å². The number of hydrogen-bond acceptors (Lipinski definition) is 3. The number of rotatable bonds is 7. The SMILES string of the molecule is CCn1nc(C)c(Br)c1CNCCN(C)C(C)C. The van der Waals surface area contributed by atoms with Crippen LogP contribution in [-0.4, -0.2) is 40.9 Å². The number of nitrogens with one attached hydrogen (secondary N) is 1. The van der Waals surface area contributed by atoms with Gasteiger partial charge in [-0.05, 0) is 50.7 Å². The molecule has 1 aromatic rings. The smallest absolute Gasteiger partial charge is 0.0739 e. The molecule has 0 radical (unpaired) electrons. The van der Waals surface area contributed by atoms with Crippen molar-refractivity contribution in [3.05, 3.63) is 15.9 Å². The van der Waals surface area contributed by atoms with E-state index in [-0.39, 0.29) is 0 Å². The van der Waals surface area contributed by atoms with Gasteiger partial charge in [-0.1, -0.05) is 0 Å². The molecule has 0 spiro atoms. The molecule has 0 amide bonds. The lowest BCUT2D eigenvalue weighted by molar-refractivity contribution is 0.273. The molecule has 18 heavy (non-hydrogen) atoms. The summed E-state index contributed by atoms with van der Waals surface area (Å²) in [5.74, 6) is 0. The van der Waals surface area contributed by atoms with Crippen molar-refractivity contribution in [1.82, 2.24) is 20.0 Å². The lowest BCUT2D eigenvalue weighted by Crippen LogP contribution is -2.33. The predicted octanol–water partition coefficient (Wildman–Crippen LogP) is 2.40. The predicted molar refractivity (Wildman–Crippen MR) is 79.8 cm³/mol. The van der Waals surface area contributed by atoms with Gasteiger partial charge in [0.15, 0.2) is 0 Å². The molecule has 1 heterocycles. The first-order valence-electron chi connectivity index (χ1n) is 6.60. The van der Waals surface area contributed by atoms with Gasteiger partial charge in [-0.3, -0.25) is 4.68 Å². The molecule has 0 bridgehead atoms. The molecule has 1 N–H and O–H groups in total. The Kier molecular flexibility index (Phi) is 6.32. The van der Waals surface area contributed by atoms with Gasteiger partial charge in [-0.15, -0.1) is 0 Å². The van der Waals surface area contributed by atoms with Crippen molar-refractivity contribution in [3.8, 4) is 0 Å². The molecule has 104 valence electrons. The molecular formula is C13H25BrN4. The summed E-state index contributed by atoms with van der Waals surface area (Å²) in [4.78, 5) is 2.34. The zero-order valence-electron chi connectivity index (χ0n) is 12.1. The number of aryl methyl sites for hydroxylation is 2. The average molecular weight is 317 g/mol. The van der Waals surface area contributed by atoms with Crippen molar-refractivity contribution in [2.45, 2.75) is 46.8 Å². The molecule has 5 heteroatoms. The van der Waals surface area contributed by atoms with E-state index in [9.17, 15) is 0 Å². The van der Waals surface area contributed by atoms with Crippen LogP contribution in [0.3, 0.4) is 0 Å². The van der Waals surface area contributed by atoms with E-state index < -0.39 is 0 Å². The highest BCUT2D eigenvalue weighted by Gasteiger charge is 2.11. The highest BCUT2D eigenvalue weighted by molar-refractivity contribution is 9.10. The van der Waals surface area contributed by atoms with Crippen LogP contribution < -0.4 is 5.32 Å². The van der Waals surface area contributed by atoms with Gasteiger partial charge in [0, 0.05) is 32.2 Å². The molecule has 0 saturated carbocycles. The summed E-state index contributed by atoms with van der Waals surface area (Å²) in [5.41, 5.74) is 2.30. The first-order chi connectivity index (χ1) is 8.47. The lowest BCUT2D eigenvalue weighted by Gasteiger charge is -2.21. The first-order valence-corrected chi connectivity index (χ1v) is 7.39. The Bertz CT molecular complexity index is 373. The Morgan fingerprint density at radius 3 is 2.67 bits per heavy atom. The molecule has 1 aromatic heterocycles. The molecule has 4 nitrogen and oxygen atoms in total. The monoisotopic (exact) mass is 316 g/mol. The van der Waals surface area contributed by atoms with Gasteiger partial charge in [-0.25, -0.2) is 0 Å². The van der Waals surface area contributed by atoms with Crippen molar-refractivity contribution >= 4 is 15.9 Å². The molecule has 0 aliphatic rings. The van der Waals surface area contributed by atoms with Crippen molar-refractivity contribution in [2.75, 3.05) is 20.1 Å². The minimum Gasteiger partial charge on any atom is -0.310 e. The largest absolute Gasteiger partial charge is 0.310 e. The highest BCUT2D eigenvalue weighted by Crippen LogP contribution is 2.20. The summed E-state index contributed by atoms with van der Waals surface area (Å²) in [6.07, 6.45) is 0. The Labute approximate surface area is 119 Å². The molecule has 0 atom stereocenters. The van der Waals surface area contributed by atoms with Gasteiger partial charge >= 0.3 is 0 Å². The van der Waals surface area contributed by atoms with Crippen LogP contribution in [0.25, 0.3) is 0 Å². The quantitative estimate of drug-likeness (QED) is 0.784. The maximum Gasteiger partial charge on any atom is 0.0739 e. The number of aromatic nitrogens is 2. The van der Waals surface area contributed by atoms with E-state index in [0.29, 0.717) is 6.04 Å². The molecule has 0 saturated heterocycles. The standard InChI is InChI=1S/C13H25BrN4/c1-6-18-12(13(14)11(4)16-18)9-15-7-8-17(5)10(2)3/h10,15H,6-9H2,1-5H3. The van der Waals surface area contributed by atoms with Crippen molar-refractivity contribution in [2.24, 2.45) is 0 Å². The third kappa shape index (κ3) is 4.07. The fourth-order valence-corrected chi connectivity index (χ4v) is 2.18. The summed E-state index contributed by atoms with van der Waals surface area (Å²) in [6, 6.07) is 0.599. The number of hydrogen-bond donors (Lipinski definition) is 1. The highest BCUT2D eigenvalue weighted by atomic mass is 79.9. The van der Waals surface area contributed by atoms with Crippen LogP contribution in [0.4, 0.5) is 0 Å². The summed E-state index contributed by atoms with van der Waals surface area (Å²) in [5, 5.41) is 7.97. The van der Waals surface area contributed by atoms with Crippen LogP contribution in [0.5, 0.6) is 0 Å². The Balaban J connectivity index is 2.44. The van der Waals surface area contributed by atoms with Crippen LogP contribution in [0.2, 0.25) is 0 Å². The van der Waals surface area contributed by atoms with Crippen LogP contribution in [0, 0.1) is 6.92 Å². The minimum atomic E-state index is 0.599. The number of nitrogens with zero attached hydrogens (tertiary/aromatic N) is 3. The van der Waals surface area contributed by atoms with Crippen LogP contribution in [-0.2, 0) is 13.1 Å². The van der Waals surface area contributed by atoms with Crippen molar-refractivity contribution in [1.29, 1.82) is 0 Å². The Morgan fingerprint density at radius 2 is 2.11 bits per heavy atom. The maximum atomic E-state index is 4.49. The van der Waals surface area contributed by atoms with Gasteiger partial charge in [0.25, 0.3) is 0 Å². The van der Waals surface area contributed by atoms with Crippen molar-refractivity contribution in [3.63, 3.8) is 0 Å². The summed E-state index contributed by atoms with van der Waals surface area (Å²) in [6.45, 7) is 12.4. The molecular weight excluding hydrogens is 292 g/mol. The molecule has 0 fully saturated rings. The van der Waals surface area contributed by atoms with E-state index in [1.54, 1.807) is 0 Å². The maximum absolute atomic E-state index is 4.49. The van der Waals surface area contributed by atoms with Gasteiger partial charge in [0.05, 0.1) is 15.9 Å². The van der Waals surface area contributed by atoms with E-state index in [1.165, 1.54) is 5.69 Å². The fourth-order valence-electron chi connectivity index (χ4n) is 1.76. The normalized spacial score (nSPS) is 11.8. The Hall–Kier alpha value is -0.390. The van der Waals surface area contributed by atoms with E-state index in [4.69, 9.17) is 0 Å². The molecule has 0 aromatic carbocycles. The third-order valence-electron chi connectivity index (χ3n) is 3.27. The second-order valence-corrected chi connectivity index (χ2v) is 5.71. The summed E-state index contributed by atoms with van der Waals surface area (Å²) in [7, 11) is 2.16. The molecule has 0 unspecified atom stereocenters. The lowest BCUT2D eigenvalue weighted by atomic mass is 10.3. The van der Waals surface area contributed by atoms with E-state index in [2.05, 4.69) is 63.7 Å². The number of likely N-dealkylation sites (N-methyl/N-ethyl adjacent to an activating group) is 1. The third-order valence-corrected chi connectivity index (χ3v) is 4.30. The van der Waals surface area contributed by atoms with Crippen LogP contribution in [0.15, 0.2) is 4.47 Å². The van der Waals surface area contributed by atoms with E-state index in [1.807, 2.05) is 6.92 Å². The Morgan fingerprint density at radius 1 is 1.44 bits per heavy atom. The fraction of sp³-hybridized carbons (Fsp3) is 0.769. The first kappa shape index (κ1) is 15.7. The molecule has 1 rings (SSSR count). The van der Waals surface area contributed by atoms with Gasteiger partial charge in [0.2, 0.25) is 0 Å². The molecule has 0 aliphatic heterocycles. The zero-order chi connectivity index (χ0) is 13.7. The molecule has 0 aliphatic carbocycles. The zero-order valence-corrected chi connectivity index (χ0v) is 13.7. The van der Waals surface area contributed by atoms with E-state index in [0.717, 1.165) is 36.3 Å². The minimum absolute atomic E-state index is 0.599. The topological polar surface area (TPSA) is 33.1 Å². The van der Waals surface area contributed by atoms with Crippen LogP contribution >= 0.6 is 15.9 Å². The van der Waals surface area contributed by atoms with Gasteiger partial charge in [0.1, 0.15) is 0 Å². The summed E-state index contributed by atoms with van der Waals surface area (Å²) >= 11 is 3.61. The number of halogens is 1. The second kappa shape index (κ2) is 7.26. The second-order valence-electron chi connectivity index (χ2n) is 4.91.